The first-order valence-corrected chi connectivity index (χ1v) is 14.1. The minimum atomic E-state index is -0.193. The molecule has 0 aliphatic heterocycles. The molecule has 0 aromatic carbocycles. The predicted molar refractivity (Wildman–Crippen MR) is 134 cm³/mol. The molecule has 4 saturated carbocycles. The van der Waals surface area contributed by atoms with Crippen molar-refractivity contribution in [1.82, 2.24) is 0 Å². The van der Waals surface area contributed by atoms with E-state index < -0.39 is 0 Å². The number of fused-ring (bicyclic) bond motifs is 5. The lowest BCUT2D eigenvalue weighted by atomic mass is 9.37. The molecule has 2 heteroatoms. The van der Waals surface area contributed by atoms with Crippen molar-refractivity contribution in [3.05, 3.63) is 0 Å². The SMILES string of the molecule is CC(C)CCC[C@@H](C)[C@H]1CC[C@@]2(C)[C@@H]3CC[C@H]4C(C)(C)[C@@H](O)CC[C@]4(C)[C@H]3[C@@H](O)C[C@]12C. The topological polar surface area (TPSA) is 40.5 Å². The molecular weight excluding hydrogens is 392 g/mol. The Kier molecular flexibility index (Phi) is 6.45. The first kappa shape index (κ1) is 25.0. The van der Waals surface area contributed by atoms with E-state index >= 15 is 0 Å². The molecule has 2 nitrogen and oxygen atoms in total. The second kappa shape index (κ2) is 8.25. The third kappa shape index (κ3) is 3.47. The highest BCUT2D eigenvalue weighted by molar-refractivity contribution is 5.18. The molecule has 0 heterocycles. The van der Waals surface area contributed by atoms with Crippen molar-refractivity contribution in [2.24, 2.45) is 57.2 Å². The highest BCUT2D eigenvalue weighted by atomic mass is 16.3. The number of aliphatic hydroxyl groups excluding tert-OH is 2. The van der Waals surface area contributed by atoms with E-state index in [9.17, 15) is 10.2 Å². The van der Waals surface area contributed by atoms with E-state index in [1.165, 1.54) is 44.9 Å². The summed E-state index contributed by atoms with van der Waals surface area (Å²) in [6, 6.07) is 0. The zero-order valence-corrected chi connectivity index (χ0v) is 22.6. The second-order valence-electron chi connectivity index (χ2n) is 14.7. The zero-order chi connectivity index (χ0) is 23.7. The Hall–Kier alpha value is -0.0800. The minimum Gasteiger partial charge on any atom is -0.393 e. The summed E-state index contributed by atoms with van der Waals surface area (Å²) in [7, 11) is 0. The minimum absolute atomic E-state index is 0.0392. The summed E-state index contributed by atoms with van der Waals surface area (Å²) in [5, 5.41) is 22.7. The summed E-state index contributed by atoms with van der Waals surface area (Å²) in [5.41, 5.74) is 0.735. The molecule has 10 atom stereocenters. The second-order valence-corrected chi connectivity index (χ2v) is 14.7. The van der Waals surface area contributed by atoms with E-state index in [-0.39, 0.29) is 28.5 Å². The predicted octanol–water partition coefficient (Wildman–Crippen LogP) is 7.47. The Bertz CT molecular complexity index is 684. The van der Waals surface area contributed by atoms with Crippen LogP contribution in [0.3, 0.4) is 0 Å². The van der Waals surface area contributed by atoms with Crippen LogP contribution in [-0.2, 0) is 0 Å². The van der Waals surface area contributed by atoms with Crippen molar-refractivity contribution in [2.45, 2.75) is 132 Å². The van der Waals surface area contributed by atoms with Crippen LogP contribution in [0.25, 0.3) is 0 Å². The molecule has 0 bridgehead atoms. The quantitative estimate of drug-likeness (QED) is 0.460. The van der Waals surface area contributed by atoms with Crippen molar-refractivity contribution >= 4 is 0 Å². The van der Waals surface area contributed by atoms with Gasteiger partial charge in [-0.2, -0.15) is 0 Å². The summed E-state index contributed by atoms with van der Waals surface area (Å²) in [6.07, 6.45) is 11.9. The lowest BCUT2D eigenvalue weighted by molar-refractivity contribution is -0.234. The molecule has 0 unspecified atom stereocenters. The number of hydrogen-bond donors (Lipinski definition) is 2. The van der Waals surface area contributed by atoms with Crippen molar-refractivity contribution < 1.29 is 10.2 Å². The molecule has 4 aliphatic rings. The normalized spacial score (nSPS) is 51.1. The Morgan fingerprint density at radius 1 is 0.812 bits per heavy atom. The highest BCUT2D eigenvalue weighted by Gasteiger charge is 2.69. The average molecular weight is 447 g/mol. The van der Waals surface area contributed by atoms with E-state index in [1.807, 2.05) is 0 Å². The van der Waals surface area contributed by atoms with Crippen LogP contribution in [0.15, 0.2) is 0 Å². The van der Waals surface area contributed by atoms with Crippen LogP contribution in [0, 0.1) is 57.2 Å². The maximum absolute atomic E-state index is 11.9. The molecule has 4 aliphatic carbocycles. The van der Waals surface area contributed by atoms with Gasteiger partial charge in [0.15, 0.2) is 0 Å². The fourth-order valence-electron chi connectivity index (χ4n) is 10.6. The van der Waals surface area contributed by atoms with Gasteiger partial charge in [-0.15, -0.1) is 0 Å². The fourth-order valence-corrected chi connectivity index (χ4v) is 10.6. The van der Waals surface area contributed by atoms with Gasteiger partial charge >= 0.3 is 0 Å². The Balaban J connectivity index is 1.61. The molecule has 0 radical (unpaired) electrons. The van der Waals surface area contributed by atoms with E-state index in [1.54, 1.807) is 0 Å². The van der Waals surface area contributed by atoms with Crippen LogP contribution in [0.5, 0.6) is 0 Å². The fraction of sp³-hybridized carbons (Fsp3) is 1.00. The molecule has 0 aromatic rings. The van der Waals surface area contributed by atoms with Gasteiger partial charge in [0.05, 0.1) is 12.2 Å². The van der Waals surface area contributed by atoms with E-state index in [0.717, 1.165) is 37.0 Å². The van der Waals surface area contributed by atoms with Gasteiger partial charge in [-0.3, -0.25) is 0 Å². The third-order valence-electron chi connectivity index (χ3n) is 12.6. The molecule has 0 spiro atoms. The van der Waals surface area contributed by atoms with Crippen LogP contribution in [-0.4, -0.2) is 22.4 Å². The maximum atomic E-state index is 11.9. The van der Waals surface area contributed by atoms with Gasteiger partial charge in [0, 0.05) is 0 Å². The summed E-state index contributed by atoms with van der Waals surface area (Å²) in [4.78, 5) is 0. The molecular formula is C30H54O2. The maximum Gasteiger partial charge on any atom is 0.0594 e. The first-order chi connectivity index (χ1) is 14.8. The van der Waals surface area contributed by atoms with Gasteiger partial charge in [0.1, 0.15) is 0 Å². The van der Waals surface area contributed by atoms with Crippen LogP contribution in [0.1, 0.15) is 120 Å². The van der Waals surface area contributed by atoms with E-state index in [4.69, 9.17) is 0 Å². The highest BCUT2D eigenvalue weighted by Crippen LogP contribution is 2.74. The number of rotatable bonds is 5. The molecule has 186 valence electrons. The molecule has 32 heavy (non-hydrogen) atoms. The molecule has 2 N–H and O–H groups in total. The van der Waals surface area contributed by atoms with Gasteiger partial charge in [-0.25, -0.2) is 0 Å². The third-order valence-corrected chi connectivity index (χ3v) is 12.6. The average Bonchev–Trinajstić information content (AvgIpc) is 2.96. The van der Waals surface area contributed by atoms with Crippen molar-refractivity contribution in [3.63, 3.8) is 0 Å². The number of hydrogen-bond acceptors (Lipinski definition) is 2. The molecule has 4 rings (SSSR count). The van der Waals surface area contributed by atoms with E-state index in [2.05, 4.69) is 55.4 Å². The van der Waals surface area contributed by atoms with Crippen molar-refractivity contribution in [3.8, 4) is 0 Å². The smallest absolute Gasteiger partial charge is 0.0594 e. The van der Waals surface area contributed by atoms with Crippen molar-refractivity contribution in [1.29, 1.82) is 0 Å². The zero-order valence-electron chi connectivity index (χ0n) is 22.6. The van der Waals surface area contributed by atoms with Gasteiger partial charge in [0.2, 0.25) is 0 Å². The Morgan fingerprint density at radius 2 is 1.50 bits per heavy atom. The van der Waals surface area contributed by atoms with Crippen LogP contribution in [0.2, 0.25) is 0 Å². The molecule has 0 saturated heterocycles. The molecule has 4 fully saturated rings. The lowest BCUT2D eigenvalue weighted by Crippen LogP contribution is -2.65. The standard InChI is InChI=1S/C30H54O2/c1-19(2)10-9-11-20(3)21-14-17-29(7)22-12-13-24-27(4,5)25(32)15-16-28(24,6)26(22)23(31)18-30(21,29)8/h19-26,31-32H,9-18H2,1-8H3/t20-,21-,22-,23+,24+,25+,26-,28+,29+,30-/m1/s1. The van der Waals surface area contributed by atoms with E-state index in [0.29, 0.717) is 23.2 Å². The summed E-state index contributed by atoms with van der Waals surface area (Å²) >= 11 is 0. The Labute approximate surface area is 199 Å². The van der Waals surface area contributed by atoms with Crippen LogP contribution in [0.4, 0.5) is 0 Å². The van der Waals surface area contributed by atoms with Gasteiger partial charge in [-0.1, -0.05) is 74.7 Å². The molecule has 0 aromatic heterocycles. The van der Waals surface area contributed by atoms with Crippen LogP contribution >= 0.6 is 0 Å². The van der Waals surface area contributed by atoms with Crippen molar-refractivity contribution in [2.75, 3.05) is 0 Å². The monoisotopic (exact) mass is 446 g/mol. The number of aliphatic hydroxyl groups is 2. The van der Waals surface area contributed by atoms with Gasteiger partial charge in [-0.05, 0) is 102 Å². The summed E-state index contributed by atoms with van der Waals surface area (Å²) in [6.45, 7) is 19.5. The molecule has 0 amide bonds. The first-order valence-electron chi connectivity index (χ1n) is 14.1. The lowest BCUT2D eigenvalue weighted by Gasteiger charge is -2.68. The summed E-state index contributed by atoms with van der Waals surface area (Å²) < 4.78 is 0. The van der Waals surface area contributed by atoms with Gasteiger partial charge in [0.25, 0.3) is 0 Å². The summed E-state index contributed by atoms with van der Waals surface area (Å²) in [5.74, 6) is 3.88. The largest absolute Gasteiger partial charge is 0.393 e. The van der Waals surface area contributed by atoms with Crippen LogP contribution < -0.4 is 0 Å². The van der Waals surface area contributed by atoms with Gasteiger partial charge < -0.3 is 10.2 Å². The Morgan fingerprint density at radius 3 is 2.16 bits per heavy atom.